The second-order valence-electron chi connectivity index (χ2n) is 7.50. The third kappa shape index (κ3) is 2.53. The average Bonchev–Trinajstić information content (AvgIpc) is 3.31. The summed E-state index contributed by atoms with van der Waals surface area (Å²) in [5.74, 6) is 1.31. The molecule has 0 aromatic carbocycles. The van der Waals surface area contributed by atoms with Gasteiger partial charge in [-0.05, 0) is 30.5 Å². The van der Waals surface area contributed by atoms with Crippen molar-refractivity contribution in [1.29, 1.82) is 0 Å². The number of likely N-dealkylation sites (tertiary alicyclic amines) is 1. The van der Waals surface area contributed by atoms with Crippen molar-refractivity contribution < 1.29 is 4.79 Å². The zero-order valence-corrected chi connectivity index (χ0v) is 15.2. The lowest BCUT2D eigenvalue weighted by molar-refractivity contribution is 0.0594. The van der Waals surface area contributed by atoms with Crippen molar-refractivity contribution in [3.63, 3.8) is 0 Å². The molecule has 0 spiro atoms. The molecule has 2 atom stereocenters. The molecule has 2 aliphatic heterocycles. The van der Waals surface area contributed by atoms with Crippen molar-refractivity contribution in [3.05, 3.63) is 70.5 Å². The summed E-state index contributed by atoms with van der Waals surface area (Å²) < 4.78 is 5.53. The van der Waals surface area contributed by atoms with Crippen molar-refractivity contribution in [2.24, 2.45) is 13.0 Å². The lowest BCUT2D eigenvalue weighted by Crippen LogP contribution is -2.49. The van der Waals surface area contributed by atoms with E-state index < -0.39 is 0 Å². The zero-order valence-electron chi connectivity index (χ0n) is 15.2. The highest BCUT2D eigenvalue weighted by molar-refractivity contribution is 5.97. The molecule has 1 amide bonds. The predicted octanol–water partition coefficient (Wildman–Crippen LogP) is 1.63. The van der Waals surface area contributed by atoms with E-state index >= 15 is 0 Å². The topological polar surface area (TPSA) is 65.1 Å². The van der Waals surface area contributed by atoms with Crippen LogP contribution in [-0.4, -0.2) is 42.8 Å². The normalized spacial score (nSPS) is 21.1. The Bertz CT molecular complexity index is 1060. The molecule has 3 aromatic rings. The maximum Gasteiger partial charge on any atom is 0.259 e. The van der Waals surface area contributed by atoms with E-state index in [-0.39, 0.29) is 17.4 Å². The number of pyridine rings is 1. The fourth-order valence-electron chi connectivity index (χ4n) is 4.60. The maximum atomic E-state index is 13.3. The van der Waals surface area contributed by atoms with Crippen LogP contribution in [0.5, 0.6) is 0 Å². The molecule has 0 saturated carbocycles. The third-order valence-electron chi connectivity index (χ3n) is 5.75. The van der Waals surface area contributed by atoms with Crippen LogP contribution in [0.4, 0.5) is 0 Å². The molecular weight excluding hydrogens is 342 g/mol. The van der Waals surface area contributed by atoms with E-state index in [2.05, 4.69) is 5.10 Å². The molecule has 0 unspecified atom stereocenters. The first-order valence-corrected chi connectivity index (χ1v) is 9.26. The van der Waals surface area contributed by atoms with Gasteiger partial charge in [0.05, 0.1) is 6.20 Å². The minimum Gasteiger partial charge on any atom is -0.337 e. The van der Waals surface area contributed by atoms with Crippen molar-refractivity contribution >= 4 is 5.91 Å². The van der Waals surface area contributed by atoms with Crippen molar-refractivity contribution in [2.45, 2.75) is 18.9 Å². The summed E-state index contributed by atoms with van der Waals surface area (Å²) >= 11 is 0. The second-order valence-corrected chi connectivity index (χ2v) is 7.50. The molecule has 27 heavy (non-hydrogen) atoms. The van der Waals surface area contributed by atoms with Gasteiger partial charge in [0.25, 0.3) is 11.5 Å². The number of aryl methyl sites for hydroxylation is 1. The summed E-state index contributed by atoms with van der Waals surface area (Å²) in [6.45, 7) is 2.00. The van der Waals surface area contributed by atoms with Gasteiger partial charge in [-0.2, -0.15) is 5.10 Å². The van der Waals surface area contributed by atoms with E-state index in [1.54, 1.807) is 16.9 Å². The second kappa shape index (κ2) is 5.97. The number of amides is 1. The van der Waals surface area contributed by atoms with Gasteiger partial charge in [-0.1, -0.05) is 6.07 Å². The van der Waals surface area contributed by atoms with Crippen molar-refractivity contribution in [1.82, 2.24) is 23.8 Å². The standard InChI is InChI=1S/C20H21N5O2/c1-22-19(23-7-2-3-8-23)16(10-21-22)20(27)24-11-14-9-15(13-24)17-5-4-6-18(26)25(17)12-14/h2-8,10,14-15H,9,11-13H2,1H3/t14-,15+/m1/s1. The minimum atomic E-state index is 0.00762. The van der Waals surface area contributed by atoms with Gasteiger partial charge in [-0.25, -0.2) is 0 Å². The molecule has 0 N–H and O–H groups in total. The molecule has 3 aromatic heterocycles. The number of piperidine rings is 1. The monoisotopic (exact) mass is 363 g/mol. The highest BCUT2D eigenvalue weighted by atomic mass is 16.2. The summed E-state index contributed by atoms with van der Waals surface area (Å²) in [5, 5.41) is 4.31. The molecular formula is C20H21N5O2. The largest absolute Gasteiger partial charge is 0.337 e. The number of rotatable bonds is 2. The Labute approximate surface area is 156 Å². The summed E-state index contributed by atoms with van der Waals surface area (Å²) in [6.07, 6.45) is 6.52. The minimum absolute atomic E-state index is 0.00762. The first kappa shape index (κ1) is 16.1. The molecule has 7 nitrogen and oxygen atoms in total. The van der Waals surface area contributed by atoms with Gasteiger partial charge in [-0.3, -0.25) is 14.3 Å². The molecule has 5 rings (SSSR count). The van der Waals surface area contributed by atoms with E-state index in [0.29, 0.717) is 31.1 Å². The Morgan fingerprint density at radius 2 is 1.93 bits per heavy atom. The molecule has 1 saturated heterocycles. The average molecular weight is 363 g/mol. The Kier molecular flexibility index (Phi) is 3.56. The Hall–Kier alpha value is -3.09. The molecule has 0 aliphatic carbocycles. The van der Waals surface area contributed by atoms with Gasteiger partial charge in [-0.15, -0.1) is 0 Å². The Balaban J connectivity index is 1.48. The van der Waals surface area contributed by atoms with E-state index in [1.807, 2.05) is 57.7 Å². The van der Waals surface area contributed by atoms with Gasteiger partial charge in [0.15, 0.2) is 0 Å². The maximum absolute atomic E-state index is 13.3. The van der Waals surface area contributed by atoms with Gasteiger partial charge in [0.2, 0.25) is 0 Å². The van der Waals surface area contributed by atoms with Crippen LogP contribution >= 0.6 is 0 Å². The molecule has 138 valence electrons. The summed E-state index contributed by atoms with van der Waals surface area (Å²) in [5.41, 5.74) is 1.72. The number of nitrogens with zero attached hydrogens (tertiary/aromatic N) is 5. The first-order valence-electron chi connectivity index (χ1n) is 9.26. The molecule has 2 bridgehead atoms. The Morgan fingerprint density at radius 1 is 1.11 bits per heavy atom. The molecule has 1 fully saturated rings. The van der Waals surface area contributed by atoms with Crippen molar-refractivity contribution in [3.8, 4) is 5.82 Å². The van der Waals surface area contributed by atoms with E-state index in [1.165, 1.54) is 0 Å². The van der Waals surface area contributed by atoms with Crippen LogP contribution < -0.4 is 5.56 Å². The molecule has 5 heterocycles. The van der Waals surface area contributed by atoms with Crippen LogP contribution in [-0.2, 0) is 13.6 Å². The molecule has 7 heteroatoms. The van der Waals surface area contributed by atoms with Crippen LogP contribution in [0.25, 0.3) is 5.82 Å². The van der Waals surface area contributed by atoms with E-state index in [4.69, 9.17) is 0 Å². The third-order valence-corrected chi connectivity index (χ3v) is 5.75. The number of carbonyl (C=O) groups excluding carboxylic acids is 1. The fourth-order valence-corrected chi connectivity index (χ4v) is 4.60. The van der Waals surface area contributed by atoms with Crippen LogP contribution in [0, 0.1) is 5.92 Å². The van der Waals surface area contributed by atoms with Crippen LogP contribution in [0.1, 0.15) is 28.4 Å². The molecule has 2 aliphatic rings. The number of carbonyl (C=O) groups is 1. The number of fused-ring (bicyclic) bond motifs is 4. The summed E-state index contributed by atoms with van der Waals surface area (Å²) in [7, 11) is 1.85. The van der Waals surface area contributed by atoms with Crippen LogP contribution in [0.2, 0.25) is 0 Å². The highest BCUT2D eigenvalue weighted by Gasteiger charge is 2.37. The van der Waals surface area contributed by atoms with Gasteiger partial charge in [0, 0.05) is 56.8 Å². The van der Waals surface area contributed by atoms with Gasteiger partial charge >= 0.3 is 0 Å². The quantitative estimate of drug-likeness (QED) is 0.695. The zero-order chi connectivity index (χ0) is 18.5. The van der Waals surface area contributed by atoms with Gasteiger partial charge < -0.3 is 14.0 Å². The highest BCUT2D eigenvalue weighted by Crippen LogP contribution is 2.35. The lowest BCUT2D eigenvalue weighted by atomic mass is 9.83. The van der Waals surface area contributed by atoms with E-state index in [0.717, 1.165) is 17.9 Å². The fraction of sp³-hybridized carbons (Fsp3) is 0.350. The first-order chi connectivity index (χ1) is 13.1. The Morgan fingerprint density at radius 3 is 2.74 bits per heavy atom. The van der Waals surface area contributed by atoms with Crippen molar-refractivity contribution in [2.75, 3.05) is 13.1 Å². The summed E-state index contributed by atoms with van der Waals surface area (Å²) in [6, 6.07) is 9.32. The van der Waals surface area contributed by atoms with Gasteiger partial charge in [0.1, 0.15) is 11.4 Å². The SMILES string of the molecule is Cn1ncc(C(=O)N2C[C@H]3C[C@@H](C2)c2cccc(=O)n2C3)c1-n1cccc1. The number of aromatic nitrogens is 4. The smallest absolute Gasteiger partial charge is 0.259 e. The lowest BCUT2D eigenvalue weighted by Gasteiger charge is -2.42. The predicted molar refractivity (Wildman–Crippen MR) is 100.0 cm³/mol. The van der Waals surface area contributed by atoms with Crippen LogP contribution in [0.15, 0.2) is 53.7 Å². The molecule has 0 radical (unpaired) electrons. The van der Waals surface area contributed by atoms with E-state index in [9.17, 15) is 9.59 Å². The number of hydrogen-bond acceptors (Lipinski definition) is 3. The number of hydrogen-bond donors (Lipinski definition) is 0. The van der Waals surface area contributed by atoms with Crippen LogP contribution in [0.3, 0.4) is 0 Å². The summed E-state index contributed by atoms with van der Waals surface area (Å²) in [4.78, 5) is 27.4.